The number of hydrogen-bond donors (Lipinski definition) is 0. The van der Waals surface area contributed by atoms with Crippen LogP contribution in [-0.2, 0) is 0 Å². The fraction of sp³-hybridized carbons (Fsp3) is 0. The number of pyridine rings is 1. The molecule has 0 fully saturated rings. The second-order valence-corrected chi connectivity index (χ2v) is 1.48. The fourth-order valence-corrected chi connectivity index (χ4v) is 0.500. The molecule has 1 N–H and O–H groups in total. The molecular weight excluding hydrogens is 98.1 g/mol. The van der Waals surface area contributed by atoms with Gasteiger partial charge in [-0.3, -0.25) is 0 Å². The molecule has 1 aromatic heterocycles. The summed E-state index contributed by atoms with van der Waals surface area (Å²) in [7, 11) is 0. The Hall–Kier alpha value is -1.11. The van der Waals surface area contributed by atoms with Crippen LogP contribution in [0.15, 0.2) is 31.1 Å². The zero-order valence-electron chi connectivity index (χ0n) is 5.54. The minimum absolute atomic E-state index is 1.04. The highest BCUT2D eigenvalue weighted by molar-refractivity contribution is 5.44. The molecule has 0 saturated carbocycles. The van der Waals surface area contributed by atoms with Crippen LogP contribution in [-0.4, -0.2) is 0 Å². The second-order valence-electron chi connectivity index (χ2n) is 1.48. The van der Waals surface area contributed by atoms with Crippen LogP contribution >= 0.6 is 0 Å². The van der Waals surface area contributed by atoms with Gasteiger partial charge in [0.05, 0.1) is 0 Å². The van der Waals surface area contributed by atoms with Gasteiger partial charge in [0.2, 0.25) is 0 Å². The van der Waals surface area contributed by atoms with Gasteiger partial charge in [-0.2, -0.15) is 0 Å². The van der Waals surface area contributed by atoms with Gasteiger partial charge in [-0.1, -0.05) is 12.7 Å². The highest BCUT2D eigenvalue weighted by Gasteiger charge is 1.81. The Bertz CT molecular complexity index is 203. The molecule has 0 aliphatic rings. The number of aromatic amines is 1. The van der Waals surface area contributed by atoms with E-state index in [1.165, 1.54) is 4.98 Å². The third-order valence-electron chi connectivity index (χ3n) is 0.942. The summed E-state index contributed by atoms with van der Waals surface area (Å²) in [6.45, 7) is 3.59. The number of H-pyrrole nitrogens is 1. The van der Waals surface area contributed by atoms with Crippen LogP contribution in [0.4, 0.5) is 0 Å². The maximum atomic E-state index is 7.05. The van der Waals surface area contributed by atoms with Crippen molar-refractivity contribution < 1.29 is 6.39 Å². The number of rotatable bonds is 1. The summed E-state index contributed by atoms with van der Waals surface area (Å²) in [5, 5.41) is 0. The lowest BCUT2D eigenvalue weighted by atomic mass is 10.3. The van der Waals surface area contributed by atoms with E-state index < -0.39 is 0 Å². The van der Waals surface area contributed by atoms with Gasteiger partial charge in [0, 0.05) is 12.1 Å². The fourth-order valence-electron chi connectivity index (χ4n) is 0.500. The molecule has 1 heteroatoms. The molecule has 0 spiro atoms. The normalized spacial score (nSPS) is 10.2. The SMILES string of the molecule is [2H][n+]1ccc(C=C)cc1. The van der Waals surface area contributed by atoms with Crippen LogP contribution in [0.1, 0.15) is 5.56 Å². The highest BCUT2D eigenvalue weighted by Crippen LogP contribution is 1.93. The molecule has 0 aliphatic heterocycles. The Morgan fingerprint density at radius 2 is 2.25 bits per heavy atom. The van der Waals surface area contributed by atoms with E-state index in [-0.39, 0.29) is 0 Å². The van der Waals surface area contributed by atoms with Gasteiger partial charge in [0.25, 0.3) is 0 Å². The Balaban J connectivity index is 3.01. The van der Waals surface area contributed by atoms with Crippen molar-refractivity contribution in [2.45, 2.75) is 0 Å². The van der Waals surface area contributed by atoms with Crippen molar-refractivity contribution in [2.75, 3.05) is 0 Å². The largest absolute Gasteiger partial charge is 0.453 e. The molecule has 40 valence electrons. The summed E-state index contributed by atoms with van der Waals surface area (Å²) < 4.78 is 7.05. The average molecular weight is 107 g/mol. The first-order valence-corrected chi connectivity index (χ1v) is 2.46. The van der Waals surface area contributed by atoms with Crippen molar-refractivity contribution in [1.82, 2.24) is 0 Å². The van der Waals surface area contributed by atoms with E-state index in [1.807, 2.05) is 12.1 Å². The lowest BCUT2D eigenvalue weighted by Crippen LogP contribution is -1.96. The average Bonchev–Trinajstić information content (AvgIpc) is 1.90. The van der Waals surface area contributed by atoms with Gasteiger partial charge in [-0.15, -0.1) is 0 Å². The third-order valence-corrected chi connectivity index (χ3v) is 0.942. The number of aromatic nitrogens is 1. The first-order valence-electron chi connectivity index (χ1n) is 2.90. The summed E-state index contributed by atoms with van der Waals surface area (Å²) >= 11 is 0. The first-order chi connectivity index (χ1) is 4.33. The summed E-state index contributed by atoms with van der Waals surface area (Å²) in [6, 6.07) is 3.67. The van der Waals surface area contributed by atoms with Gasteiger partial charge in [0.15, 0.2) is 12.4 Å². The maximum Gasteiger partial charge on any atom is 0.453 e. The van der Waals surface area contributed by atoms with Crippen LogP contribution in [0.2, 0.25) is 1.41 Å². The molecule has 1 nitrogen and oxygen atoms in total. The molecule has 0 unspecified atom stereocenters. The van der Waals surface area contributed by atoms with Crippen molar-refractivity contribution in [3.05, 3.63) is 36.7 Å². The van der Waals surface area contributed by atoms with E-state index in [9.17, 15) is 0 Å². The van der Waals surface area contributed by atoms with E-state index in [1.54, 1.807) is 18.5 Å². The summed E-state index contributed by atoms with van der Waals surface area (Å²) in [5.74, 6) is 0. The Morgan fingerprint density at radius 3 is 2.75 bits per heavy atom. The second kappa shape index (κ2) is 2.26. The monoisotopic (exact) mass is 107 g/mol. The van der Waals surface area contributed by atoms with E-state index in [0.29, 0.717) is 0 Å². The van der Waals surface area contributed by atoms with E-state index in [0.717, 1.165) is 5.56 Å². The van der Waals surface area contributed by atoms with E-state index >= 15 is 0 Å². The van der Waals surface area contributed by atoms with Crippen molar-refractivity contribution in [3.8, 4) is 0 Å². The predicted octanol–water partition coefficient (Wildman–Crippen LogP) is 1.14. The molecule has 0 aromatic carbocycles. The molecule has 0 bridgehead atoms. The van der Waals surface area contributed by atoms with Gasteiger partial charge in [-0.25, -0.2) is 4.98 Å². The lowest BCUT2D eigenvalue weighted by molar-refractivity contribution is -0.378. The van der Waals surface area contributed by atoms with Crippen LogP contribution in [0, 0.1) is 0 Å². The Labute approximate surface area is 50.2 Å². The molecule has 1 rings (SSSR count). The zero-order chi connectivity index (χ0) is 6.69. The standard InChI is InChI=1S/C7H7N/c1-2-7-3-5-8-6-4-7/h2-6H,1H2/p+1/i/hD. The topological polar surface area (TPSA) is 14.1 Å². The van der Waals surface area contributed by atoms with Crippen LogP contribution in [0.3, 0.4) is 0 Å². The lowest BCUT2D eigenvalue weighted by Gasteiger charge is -1.80. The predicted molar refractivity (Wildman–Crippen MR) is 33.1 cm³/mol. The molecule has 0 saturated heterocycles. The van der Waals surface area contributed by atoms with Crippen molar-refractivity contribution in [3.63, 3.8) is 0 Å². The smallest absolute Gasteiger partial charge is 0.218 e. The van der Waals surface area contributed by atoms with E-state index in [2.05, 4.69) is 6.58 Å². The quantitative estimate of drug-likeness (QED) is 0.511. The summed E-state index contributed by atoms with van der Waals surface area (Å²) in [4.78, 5) is 1.24. The van der Waals surface area contributed by atoms with Crippen LogP contribution < -0.4 is 4.98 Å². The molecular formula is C7H8N+. The van der Waals surface area contributed by atoms with Gasteiger partial charge >= 0.3 is 1.41 Å². The summed E-state index contributed by atoms with van der Waals surface area (Å²) in [5.41, 5.74) is 1.04. The van der Waals surface area contributed by atoms with Crippen LogP contribution in [0.5, 0.6) is 0 Å². The molecule has 1 aromatic rings. The number of nitrogens with one attached hydrogen (secondary N) is 1. The number of hydrogen-bond acceptors (Lipinski definition) is 0. The maximum absolute atomic E-state index is 7.05. The van der Waals surface area contributed by atoms with Crippen molar-refractivity contribution in [2.24, 2.45) is 0 Å². The minimum Gasteiger partial charge on any atom is -0.218 e. The molecule has 0 aliphatic carbocycles. The first kappa shape index (κ1) is 3.84. The zero-order valence-corrected chi connectivity index (χ0v) is 4.54. The van der Waals surface area contributed by atoms with Crippen molar-refractivity contribution >= 4 is 6.08 Å². The van der Waals surface area contributed by atoms with E-state index in [4.69, 9.17) is 1.41 Å². The molecule has 0 radical (unpaired) electrons. The Morgan fingerprint density at radius 1 is 1.62 bits per heavy atom. The van der Waals surface area contributed by atoms with Crippen LogP contribution in [0.25, 0.3) is 6.08 Å². The minimum atomic E-state index is 1.04. The third kappa shape index (κ3) is 0.936. The molecule has 0 atom stereocenters. The van der Waals surface area contributed by atoms with Gasteiger partial charge in [0.1, 0.15) is 0 Å². The van der Waals surface area contributed by atoms with Crippen molar-refractivity contribution in [1.29, 1.82) is 0 Å². The molecule has 8 heavy (non-hydrogen) atoms. The van der Waals surface area contributed by atoms with Gasteiger partial charge < -0.3 is 0 Å². The molecule has 1 heterocycles. The van der Waals surface area contributed by atoms with Gasteiger partial charge in [-0.05, 0) is 5.56 Å². The summed E-state index contributed by atoms with van der Waals surface area (Å²) in [6.07, 6.45) is 5.08. The highest BCUT2D eigenvalue weighted by atomic mass is 14.6. The molecule has 0 amide bonds. The Kier molecular flexibility index (Phi) is 1.09.